The van der Waals surface area contributed by atoms with Crippen molar-refractivity contribution in [2.75, 3.05) is 0 Å². The Labute approximate surface area is 150 Å². The summed E-state index contributed by atoms with van der Waals surface area (Å²) in [5, 5.41) is 18.0. The molecule has 1 fully saturated rings. The topological polar surface area (TPSA) is 106 Å². The summed E-state index contributed by atoms with van der Waals surface area (Å²) in [4.78, 5) is 25.1. The molecule has 26 heavy (non-hydrogen) atoms. The zero-order valence-electron chi connectivity index (χ0n) is 14.5. The summed E-state index contributed by atoms with van der Waals surface area (Å²) in [5.74, 6) is 0.203. The number of hydrogen-bond acceptors (Lipinski definition) is 6. The predicted molar refractivity (Wildman–Crippen MR) is 94.9 cm³/mol. The smallest absolute Gasteiger partial charge is 0.254 e. The van der Waals surface area contributed by atoms with Crippen LogP contribution in [-0.4, -0.2) is 47.9 Å². The molecule has 1 aliphatic carbocycles. The maximum absolute atomic E-state index is 12.4. The zero-order chi connectivity index (χ0) is 18.1. The molecule has 3 aromatic heterocycles. The van der Waals surface area contributed by atoms with Crippen LogP contribution in [0.3, 0.4) is 0 Å². The number of aryl methyl sites for hydroxylation is 1. The molecular formula is C18H20N6O2. The lowest BCUT2D eigenvalue weighted by Crippen LogP contribution is -2.38. The van der Waals surface area contributed by atoms with Gasteiger partial charge in [-0.05, 0) is 38.7 Å². The lowest BCUT2D eigenvalue weighted by atomic mass is 9.93. The molecular weight excluding hydrogens is 332 g/mol. The van der Waals surface area contributed by atoms with Gasteiger partial charge in [0, 0.05) is 30.0 Å². The standard InChI is InChI=1S/C18H20N6O2/c1-11-15-6-7-19-10-16(15)24(23-11)18-20-8-12(9-21-18)17(26)22-13-2-4-14(25)5-3-13/h6-10,13-14,25H,2-5H2,1H3,(H,22,26). The Morgan fingerprint density at radius 2 is 1.92 bits per heavy atom. The van der Waals surface area contributed by atoms with Crippen LogP contribution in [0.4, 0.5) is 0 Å². The molecule has 0 atom stereocenters. The largest absolute Gasteiger partial charge is 0.393 e. The number of pyridine rings is 1. The SMILES string of the molecule is Cc1nn(-c2ncc(C(=O)NC3CCC(O)CC3)cn2)c2cnccc12. The number of nitrogens with zero attached hydrogens (tertiary/aromatic N) is 5. The number of aromatic nitrogens is 5. The van der Waals surface area contributed by atoms with Crippen molar-refractivity contribution in [2.45, 2.75) is 44.8 Å². The minimum atomic E-state index is -0.243. The van der Waals surface area contributed by atoms with E-state index in [0.29, 0.717) is 11.5 Å². The fourth-order valence-corrected chi connectivity index (χ4v) is 3.31. The first-order valence-corrected chi connectivity index (χ1v) is 8.72. The fraction of sp³-hybridized carbons (Fsp3) is 0.389. The number of rotatable bonds is 3. The molecule has 0 aromatic carbocycles. The molecule has 8 nitrogen and oxygen atoms in total. The number of hydrogen-bond donors (Lipinski definition) is 2. The highest BCUT2D eigenvalue weighted by Crippen LogP contribution is 2.20. The highest BCUT2D eigenvalue weighted by atomic mass is 16.3. The van der Waals surface area contributed by atoms with Crippen LogP contribution in [0.25, 0.3) is 16.9 Å². The molecule has 3 heterocycles. The lowest BCUT2D eigenvalue weighted by Gasteiger charge is -2.26. The number of aliphatic hydroxyl groups excluding tert-OH is 1. The molecule has 2 N–H and O–H groups in total. The van der Waals surface area contributed by atoms with E-state index in [0.717, 1.165) is 42.3 Å². The molecule has 3 aromatic rings. The van der Waals surface area contributed by atoms with Crippen molar-refractivity contribution >= 4 is 16.8 Å². The van der Waals surface area contributed by atoms with Crippen LogP contribution in [0.1, 0.15) is 41.7 Å². The first-order chi connectivity index (χ1) is 12.6. The average Bonchev–Trinajstić information content (AvgIpc) is 3.01. The molecule has 134 valence electrons. The second-order valence-electron chi connectivity index (χ2n) is 6.64. The third-order valence-electron chi connectivity index (χ3n) is 4.79. The number of fused-ring (bicyclic) bond motifs is 1. The van der Waals surface area contributed by atoms with Crippen LogP contribution in [0.15, 0.2) is 30.9 Å². The number of amides is 1. The van der Waals surface area contributed by atoms with Crippen LogP contribution in [0.2, 0.25) is 0 Å². The number of carbonyl (C=O) groups is 1. The molecule has 8 heteroatoms. The molecule has 0 radical (unpaired) electrons. The minimum Gasteiger partial charge on any atom is -0.393 e. The van der Waals surface area contributed by atoms with Crippen LogP contribution in [-0.2, 0) is 0 Å². The maximum atomic E-state index is 12.4. The predicted octanol–water partition coefficient (Wildman–Crippen LogP) is 1.55. The summed E-state index contributed by atoms with van der Waals surface area (Å²) in [6.45, 7) is 1.92. The molecule has 1 aliphatic rings. The van der Waals surface area contributed by atoms with Gasteiger partial charge in [-0.2, -0.15) is 9.78 Å². The van der Waals surface area contributed by atoms with Crippen LogP contribution >= 0.6 is 0 Å². The summed E-state index contributed by atoms with van der Waals surface area (Å²) >= 11 is 0. The fourth-order valence-electron chi connectivity index (χ4n) is 3.31. The first-order valence-electron chi connectivity index (χ1n) is 8.72. The molecule has 1 saturated carbocycles. The highest BCUT2D eigenvalue weighted by Gasteiger charge is 2.21. The monoisotopic (exact) mass is 352 g/mol. The van der Waals surface area contributed by atoms with Gasteiger partial charge in [-0.3, -0.25) is 9.78 Å². The van der Waals surface area contributed by atoms with Crippen molar-refractivity contribution < 1.29 is 9.90 Å². The second kappa shape index (κ2) is 6.80. The van der Waals surface area contributed by atoms with Gasteiger partial charge >= 0.3 is 0 Å². The Balaban J connectivity index is 1.52. The van der Waals surface area contributed by atoms with Crippen molar-refractivity contribution in [1.29, 1.82) is 0 Å². The van der Waals surface area contributed by atoms with E-state index in [1.165, 1.54) is 12.4 Å². The van der Waals surface area contributed by atoms with Gasteiger partial charge in [0.15, 0.2) is 0 Å². The zero-order valence-corrected chi connectivity index (χ0v) is 14.5. The van der Waals surface area contributed by atoms with Gasteiger partial charge in [0.05, 0.1) is 29.1 Å². The van der Waals surface area contributed by atoms with E-state index in [1.54, 1.807) is 17.1 Å². The van der Waals surface area contributed by atoms with Crippen molar-refractivity contribution in [2.24, 2.45) is 0 Å². The molecule has 1 amide bonds. The normalized spacial score (nSPS) is 20.2. The van der Waals surface area contributed by atoms with E-state index in [2.05, 4.69) is 25.4 Å². The molecule has 0 bridgehead atoms. The van der Waals surface area contributed by atoms with Gasteiger partial charge in [-0.1, -0.05) is 0 Å². The van der Waals surface area contributed by atoms with E-state index in [-0.39, 0.29) is 18.1 Å². The quantitative estimate of drug-likeness (QED) is 0.741. The van der Waals surface area contributed by atoms with Crippen LogP contribution in [0, 0.1) is 6.92 Å². The van der Waals surface area contributed by atoms with Crippen LogP contribution in [0.5, 0.6) is 0 Å². The van der Waals surface area contributed by atoms with Crippen molar-refractivity contribution in [3.8, 4) is 5.95 Å². The summed E-state index contributed by atoms with van der Waals surface area (Å²) in [6.07, 6.45) is 9.24. The van der Waals surface area contributed by atoms with Crippen molar-refractivity contribution in [3.05, 3.63) is 42.1 Å². The summed E-state index contributed by atoms with van der Waals surface area (Å²) in [6, 6.07) is 1.99. The van der Waals surface area contributed by atoms with E-state index in [4.69, 9.17) is 0 Å². The van der Waals surface area contributed by atoms with E-state index < -0.39 is 0 Å². The van der Waals surface area contributed by atoms with Crippen molar-refractivity contribution in [1.82, 2.24) is 30.0 Å². The van der Waals surface area contributed by atoms with Gasteiger partial charge in [0.1, 0.15) is 0 Å². The maximum Gasteiger partial charge on any atom is 0.254 e. The molecule has 0 spiro atoms. The Morgan fingerprint density at radius 1 is 1.19 bits per heavy atom. The second-order valence-corrected chi connectivity index (χ2v) is 6.64. The number of nitrogens with one attached hydrogen (secondary N) is 1. The summed E-state index contributed by atoms with van der Waals surface area (Å²) in [5.41, 5.74) is 2.10. The Morgan fingerprint density at radius 3 is 2.65 bits per heavy atom. The number of aliphatic hydroxyl groups is 1. The van der Waals surface area contributed by atoms with Crippen molar-refractivity contribution in [3.63, 3.8) is 0 Å². The summed E-state index contributed by atoms with van der Waals surface area (Å²) in [7, 11) is 0. The molecule has 0 saturated heterocycles. The van der Waals surface area contributed by atoms with Gasteiger partial charge in [0.2, 0.25) is 0 Å². The Kier molecular flexibility index (Phi) is 4.34. The van der Waals surface area contributed by atoms with E-state index in [1.807, 2.05) is 13.0 Å². The third-order valence-corrected chi connectivity index (χ3v) is 4.79. The highest BCUT2D eigenvalue weighted by molar-refractivity contribution is 5.93. The van der Waals surface area contributed by atoms with E-state index >= 15 is 0 Å². The Bertz CT molecular complexity index is 929. The van der Waals surface area contributed by atoms with Crippen LogP contribution < -0.4 is 5.32 Å². The average molecular weight is 352 g/mol. The number of carbonyl (C=O) groups excluding carboxylic acids is 1. The third kappa shape index (κ3) is 3.15. The summed E-state index contributed by atoms with van der Waals surface area (Å²) < 4.78 is 1.63. The van der Waals surface area contributed by atoms with Gasteiger partial charge in [-0.15, -0.1) is 0 Å². The molecule has 4 rings (SSSR count). The van der Waals surface area contributed by atoms with Gasteiger partial charge in [0.25, 0.3) is 11.9 Å². The molecule has 0 unspecified atom stereocenters. The van der Waals surface area contributed by atoms with Gasteiger partial charge < -0.3 is 10.4 Å². The van der Waals surface area contributed by atoms with Gasteiger partial charge in [-0.25, -0.2) is 9.97 Å². The Hall–Kier alpha value is -2.87. The van der Waals surface area contributed by atoms with E-state index in [9.17, 15) is 9.90 Å². The molecule has 0 aliphatic heterocycles. The minimum absolute atomic E-state index is 0.0920. The lowest BCUT2D eigenvalue weighted by molar-refractivity contribution is 0.0867. The first kappa shape index (κ1) is 16.6.